The Morgan fingerprint density at radius 3 is 2.84 bits per heavy atom. The van der Waals surface area contributed by atoms with Crippen LogP contribution in [0.25, 0.3) is 0 Å². The fraction of sp³-hybridized carbons (Fsp3) is 0.500. The molecule has 0 bridgehead atoms. The Bertz CT molecular complexity index is 938. The summed E-state index contributed by atoms with van der Waals surface area (Å²) < 4.78 is 5.45. The highest BCUT2D eigenvalue weighted by Gasteiger charge is 2.48. The second-order valence-electron chi connectivity index (χ2n) is 8.97. The molecule has 3 atom stereocenters. The highest BCUT2D eigenvalue weighted by atomic mass is 35.5. The zero-order valence-corrected chi connectivity index (χ0v) is 18.9. The third kappa shape index (κ3) is 4.50. The van der Waals surface area contributed by atoms with Gasteiger partial charge in [-0.3, -0.25) is 0 Å². The highest BCUT2D eigenvalue weighted by molar-refractivity contribution is 6.30. The fourth-order valence-corrected chi connectivity index (χ4v) is 5.08. The fourth-order valence-electron chi connectivity index (χ4n) is 4.88. The molecule has 3 fully saturated rings. The molecular formula is C24H30ClN5O2. The number of amides is 2. The number of carbonyl (C=O) groups is 1. The monoisotopic (exact) mass is 455 g/mol. The van der Waals surface area contributed by atoms with E-state index in [4.69, 9.17) is 21.3 Å². The van der Waals surface area contributed by atoms with Crippen LogP contribution >= 0.6 is 11.6 Å². The summed E-state index contributed by atoms with van der Waals surface area (Å²) >= 11 is 6.15. The van der Waals surface area contributed by atoms with E-state index in [-0.39, 0.29) is 24.2 Å². The number of carbonyl (C=O) groups excluding carboxylic acids is 1. The first-order valence-corrected chi connectivity index (χ1v) is 11.8. The van der Waals surface area contributed by atoms with E-state index in [0.29, 0.717) is 23.5 Å². The number of likely N-dealkylation sites (tertiary alicyclic amines) is 1. The van der Waals surface area contributed by atoms with E-state index in [1.807, 2.05) is 29.2 Å². The van der Waals surface area contributed by atoms with Crippen LogP contribution in [0.5, 0.6) is 0 Å². The molecule has 5 rings (SSSR count). The Hall–Kier alpha value is -2.51. The largest absolute Gasteiger partial charge is 0.381 e. The molecule has 2 unspecified atom stereocenters. The molecule has 3 aliphatic heterocycles. The first-order chi connectivity index (χ1) is 15.6. The summed E-state index contributed by atoms with van der Waals surface area (Å²) in [5, 5.41) is 10.6. The third-order valence-electron chi connectivity index (χ3n) is 6.71. The van der Waals surface area contributed by atoms with Gasteiger partial charge in [0.05, 0.1) is 18.1 Å². The van der Waals surface area contributed by atoms with Gasteiger partial charge in [-0.25, -0.2) is 9.79 Å². The second-order valence-corrected chi connectivity index (χ2v) is 9.40. The van der Waals surface area contributed by atoms with Gasteiger partial charge in [-0.15, -0.1) is 6.58 Å². The standard InChI is InChI=1S/C24H30ClN5O2/c1-2-20(16-4-3-5-17(25)12-16)29-24(31)30-14-21-19(22(30)15-6-7-15)13-26-23(28-21)27-18-8-10-32-11-9-18/h2-5,12-13,15,18,20-22H,1,6-11,14H2,(H,29,31)(H2,26,27,28)/t20-,21?,22?/m1/s1. The van der Waals surface area contributed by atoms with Gasteiger partial charge in [0.2, 0.25) is 0 Å². The highest BCUT2D eigenvalue weighted by Crippen LogP contribution is 2.44. The number of benzene rings is 1. The van der Waals surface area contributed by atoms with Gasteiger partial charge in [0.15, 0.2) is 5.96 Å². The number of ether oxygens (including phenoxy) is 1. The first kappa shape index (κ1) is 21.3. The molecule has 1 saturated carbocycles. The Labute approximate surface area is 193 Å². The van der Waals surface area contributed by atoms with Gasteiger partial charge < -0.3 is 25.6 Å². The lowest BCUT2D eigenvalue weighted by Crippen LogP contribution is -2.46. The summed E-state index contributed by atoms with van der Waals surface area (Å²) in [5.74, 6) is 1.30. The molecule has 32 heavy (non-hydrogen) atoms. The normalized spacial score (nSPS) is 26.3. The topological polar surface area (TPSA) is 78.0 Å². The van der Waals surface area contributed by atoms with E-state index >= 15 is 0 Å². The van der Waals surface area contributed by atoms with Crippen molar-refractivity contribution in [1.82, 2.24) is 20.9 Å². The Morgan fingerprint density at radius 1 is 1.31 bits per heavy atom. The summed E-state index contributed by atoms with van der Waals surface area (Å²) in [6, 6.07) is 7.58. The second kappa shape index (κ2) is 9.16. The summed E-state index contributed by atoms with van der Waals surface area (Å²) in [5.41, 5.74) is 2.13. The van der Waals surface area contributed by atoms with Crippen LogP contribution in [-0.4, -0.2) is 54.8 Å². The van der Waals surface area contributed by atoms with Crippen molar-refractivity contribution in [3.05, 3.63) is 59.3 Å². The molecule has 0 radical (unpaired) electrons. The quantitative estimate of drug-likeness (QED) is 0.595. The maximum Gasteiger partial charge on any atom is 0.318 e. The van der Waals surface area contributed by atoms with Crippen molar-refractivity contribution >= 4 is 23.6 Å². The average Bonchev–Trinajstić information content (AvgIpc) is 3.57. The number of urea groups is 1. The molecule has 2 amide bonds. The molecule has 3 N–H and O–H groups in total. The van der Waals surface area contributed by atoms with E-state index in [2.05, 4.69) is 28.7 Å². The lowest BCUT2D eigenvalue weighted by molar-refractivity contribution is 0.0822. The number of hydrogen-bond acceptors (Lipinski definition) is 5. The van der Waals surface area contributed by atoms with Crippen LogP contribution < -0.4 is 16.0 Å². The molecule has 0 spiro atoms. The van der Waals surface area contributed by atoms with Crippen molar-refractivity contribution in [1.29, 1.82) is 0 Å². The predicted octanol–water partition coefficient (Wildman–Crippen LogP) is 3.35. The Kier molecular flexibility index (Phi) is 6.11. The van der Waals surface area contributed by atoms with Gasteiger partial charge in [-0.2, -0.15) is 0 Å². The van der Waals surface area contributed by atoms with Crippen LogP contribution in [0, 0.1) is 5.92 Å². The molecule has 1 aliphatic carbocycles. The molecule has 7 nitrogen and oxygen atoms in total. The molecule has 1 aromatic carbocycles. The minimum Gasteiger partial charge on any atom is -0.381 e. The zero-order chi connectivity index (χ0) is 22.1. The molecule has 4 aliphatic rings. The smallest absolute Gasteiger partial charge is 0.318 e. The summed E-state index contributed by atoms with van der Waals surface area (Å²) in [6.45, 7) is 6.06. The van der Waals surface area contributed by atoms with Crippen LogP contribution in [0.3, 0.4) is 0 Å². The molecule has 170 valence electrons. The maximum absolute atomic E-state index is 13.4. The molecule has 2 saturated heterocycles. The molecule has 0 aromatic heterocycles. The number of nitrogens with zero attached hydrogens (tertiary/aromatic N) is 2. The summed E-state index contributed by atoms with van der Waals surface area (Å²) in [6.07, 6.45) is 8.07. The molecule has 1 aromatic rings. The lowest BCUT2D eigenvalue weighted by Gasteiger charge is -2.28. The van der Waals surface area contributed by atoms with Crippen molar-refractivity contribution < 1.29 is 9.53 Å². The van der Waals surface area contributed by atoms with Crippen LogP contribution in [0.2, 0.25) is 5.02 Å². The van der Waals surface area contributed by atoms with E-state index in [0.717, 1.165) is 50.4 Å². The molecule has 3 heterocycles. The first-order valence-electron chi connectivity index (χ1n) is 11.5. The third-order valence-corrected chi connectivity index (χ3v) is 6.94. The summed E-state index contributed by atoms with van der Waals surface area (Å²) in [7, 11) is 0. The number of fused-ring (bicyclic) bond motifs is 1. The van der Waals surface area contributed by atoms with Crippen molar-refractivity contribution in [2.24, 2.45) is 10.9 Å². The van der Waals surface area contributed by atoms with Crippen molar-refractivity contribution in [2.45, 2.75) is 49.9 Å². The predicted molar refractivity (Wildman–Crippen MR) is 126 cm³/mol. The minimum absolute atomic E-state index is 0.0108. The van der Waals surface area contributed by atoms with Crippen molar-refractivity contribution in [3.63, 3.8) is 0 Å². The number of halogens is 1. The van der Waals surface area contributed by atoms with Gasteiger partial charge in [-0.1, -0.05) is 29.8 Å². The number of nitrogens with one attached hydrogen (secondary N) is 3. The van der Waals surface area contributed by atoms with Gasteiger partial charge in [-0.05, 0) is 54.9 Å². The van der Waals surface area contributed by atoms with Gasteiger partial charge in [0.1, 0.15) is 0 Å². The summed E-state index contributed by atoms with van der Waals surface area (Å²) in [4.78, 5) is 20.2. The Balaban J connectivity index is 1.29. The number of hydrogen-bond donors (Lipinski definition) is 3. The van der Waals surface area contributed by atoms with E-state index in [1.54, 1.807) is 6.08 Å². The molecular weight excluding hydrogens is 426 g/mol. The molecule has 8 heteroatoms. The van der Waals surface area contributed by atoms with Gasteiger partial charge in [0.25, 0.3) is 0 Å². The SMILES string of the molecule is C=C[C@@H](NC(=O)N1CC2N=C(NC3CCOCC3)NC=C2C1C1CC1)c1cccc(Cl)c1. The van der Waals surface area contributed by atoms with E-state index in [9.17, 15) is 4.79 Å². The minimum atomic E-state index is -0.301. The zero-order valence-electron chi connectivity index (χ0n) is 18.1. The lowest BCUT2D eigenvalue weighted by atomic mass is 10.0. The van der Waals surface area contributed by atoms with Crippen LogP contribution in [0.1, 0.15) is 37.3 Å². The van der Waals surface area contributed by atoms with Crippen molar-refractivity contribution in [3.8, 4) is 0 Å². The number of guanidine groups is 1. The van der Waals surface area contributed by atoms with Gasteiger partial charge in [0, 0.05) is 37.0 Å². The van der Waals surface area contributed by atoms with Gasteiger partial charge >= 0.3 is 6.03 Å². The van der Waals surface area contributed by atoms with Crippen LogP contribution in [0.4, 0.5) is 4.79 Å². The van der Waals surface area contributed by atoms with Crippen LogP contribution in [-0.2, 0) is 4.74 Å². The van der Waals surface area contributed by atoms with Crippen LogP contribution in [0.15, 0.2) is 53.7 Å². The Morgan fingerprint density at radius 2 is 2.12 bits per heavy atom. The van der Waals surface area contributed by atoms with E-state index < -0.39 is 0 Å². The maximum atomic E-state index is 13.4. The van der Waals surface area contributed by atoms with Crippen molar-refractivity contribution in [2.75, 3.05) is 19.8 Å². The number of rotatable bonds is 5. The average molecular weight is 456 g/mol. The van der Waals surface area contributed by atoms with E-state index in [1.165, 1.54) is 5.57 Å². The number of aliphatic imine (C=N–C) groups is 1.